The Labute approximate surface area is 110 Å². The summed E-state index contributed by atoms with van der Waals surface area (Å²) < 4.78 is 5.51. The molecule has 2 rings (SSSR count). The second-order valence-corrected chi connectivity index (χ2v) is 5.50. The van der Waals surface area contributed by atoms with Crippen LogP contribution in [0.4, 0.5) is 0 Å². The number of carbonyl (C=O) groups is 1. The average Bonchev–Trinajstić information content (AvgIpc) is 2.94. The Morgan fingerprint density at radius 2 is 2.50 bits per heavy atom. The lowest BCUT2D eigenvalue weighted by Crippen LogP contribution is -2.27. The Morgan fingerprint density at radius 1 is 1.67 bits per heavy atom. The van der Waals surface area contributed by atoms with Crippen LogP contribution in [0.5, 0.6) is 0 Å². The van der Waals surface area contributed by atoms with Gasteiger partial charge in [0.05, 0.1) is 16.8 Å². The molecule has 1 aliphatic rings. The first-order valence-corrected chi connectivity index (χ1v) is 7.00. The van der Waals surface area contributed by atoms with E-state index in [4.69, 9.17) is 9.84 Å². The van der Waals surface area contributed by atoms with Gasteiger partial charge in [-0.3, -0.25) is 0 Å². The number of rotatable bonds is 6. The van der Waals surface area contributed by atoms with Crippen LogP contribution in [0, 0.1) is 6.92 Å². The van der Waals surface area contributed by atoms with E-state index in [1.165, 1.54) is 11.3 Å². The highest BCUT2D eigenvalue weighted by Gasteiger charge is 2.15. The molecule has 1 unspecified atom stereocenters. The highest BCUT2D eigenvalue weighted by atomic mass is 32.1. The molecule has 1 atom stereocenters. The van der Waals surface area contributed by atoms with E-state index in [9.17, 15) is 4.79 Å². The summed E-state index contributed by atoms with van der Waals surface area (Å²) in [4.78, 5) is 15.5. The van der Waals surface area contributed by atoms with E-state index in [0.29, 0.717) is 16.7 Å². The van der Waals surface area contributed by atoms with Crippen LogP contribution in [-0.2, 0) is 11.2 Å². The highest BCUT2D eigenvalue weighted by molar-refractivity contribution is 7.13. The van der Waals surface area contributed by atoms with Crippen molar-refractivity contribution in [2.24, 2.45) is 0 Å². The van der Waals surface area contributed by atoms with Gasteiger partial charge in [-0.05, 0) is 19.8 Å². The molecular weight excluding hydrogens is 252 g/mol. The van der Waals surface area contributed by atoms with Gasteiger partial charge in [-0.25, -0.2) is 9.78 Å². The molecule has 2 N–H and O–H groups in total. The molecule has 100 valence electrons. The molecule has 0 spiro atoms. The summed E-state index contributed by atoms with van der Waals surface area (Å²) in [6, 6.07) is 0. The maximum atomic E-state index is 10.9. The van der Waals surface area contributed by atoms with Crippen LogP contribution in [0.3, 0.4) is 0 Å². The van der Waals surface area contributed by atoms with Crippen LogP contribution >= 0.6 is 11.3 Å². The molecule has 2 heterocycles. The molecule has 1 saturated heterocycles. The van der Waals surface area contributed by atoms with Crippen molar-refractivity contribution in [1.29, 1.82) is 0 Å². The molecular formula is C12H18N2O3S. The summed E-state index contributed by atoms with van der Waals surface area (Å²) in [6.45, 7) is 4.30. The predicted molar refractivity (Wildman–Crippen MR) is 69.4 cm³/mol. The van der Waals surface area contributed by atoms with Crippen LogP contribution in [0.15, 0.2) is 0 Å². The minimum atomic E-state index is -0.886. The Kier molecular flexibility index (Phi) is 4.68. The van der Waals surface area contributed by atoms with Gasteiger partial charge < -0.3 is 15.2 Å². The monoisotopic (exact) mass is 270 g/mol. The number of aryl methyl sites for hydroxylation is 1. The smallest absolute Gasteiger partial charge is 0.347 e. The first-order valence-electron chi connectivity index (χ1n) is 6.18. The Bertz CT molecular complexity index is 413. The van der Waals surface area contributed by atoms with Gasteiger partial charge in [0.15, 0.2) is 0 Å². The van der Waals surface area contributed by atoms with Gasteiger partial charge >= 0.3 is 5.97 Å². The molecule has 0 aromatic carbocycles. The lowest BCUT2D eigenvalue weighted by atomic mass is 10.2. The third-order valence-electron chi connectivity index (χ3n) is 2.95. The number of nitrogens with one attached hydrogen (secondary N) is 1. The summed E-state index contributed by atoms with van der Waals surface area (Å²) in [6.07, 6.45) is 3.40. The van der Waals surface area contributed by atoms with E-state index in [-0.39, 0.29) is 0 Å². The van der Waals surface area contributed by atoms with Crippen molar-refractivity contribution in [1.82, 2.24) is 10.3 Å². The number of aromatic carboxylic acids is 1. The Hall–Kier alpha value is -0.980. The lowest BCUT2D eigenvalue weighted by molar-refractivity contribution is 0.0701. The average molecular weight is 270 g/mol. The van der Waals surface area contributed by atoms with E-state index in [1.54, 1.807) is 6.92 Å². The fourth-order valence-electron chi connectivity index (χ4n) is 2.02. The van der Waals surface area contributed by atoms with Gasteiger partial charge in [0.2, 0.25) is 0 Å². The number of hydrogen-bond donors (Lipinski definition) is 2. The molecule has 1 aromatic heterocycles. The number of carboxylic acids is 1. The van der Waals surface area contributed by atoms with Gasteiger partial charge in [0, 0.05) is 26.1 Å². The lowest BCUT2D eigenvalue weighted by Gasteiger charge is -2.09. The molecule has 0 saturated carbocycles. The second-order valence-electron chi connectivity index (χ2n) is 4.42. The second kappa shape index (κ2) is 6.26. The molecule has 0 radical (unpaired) electrons. The largest absolute Gasteiger partial charge is 0.477 e. The van der Waals surface area contributed by atoms with Crippen LogP contribution in [0.25, 0.3) is 0 Å². The first kappa shape index (κ1) is 13.5. The number of thiazole rings is 1. The first-order chi connectivity index (χ1) is 8.66. The third-order valence-corrected chi connectivity index (χ3v) is 4.15. The molecule has 1 fully saturated rings. The summed E-state index contributed by atoms with van der Waals surface area (Å²) >= 11 is 1.27. The van der Waals surface area contributed by atoms with Crippen LogP contribution < -0.4 is 5.32 Å². The van der Waals surface area contributed by atoms with Gasteiger partial charge in [-0.2, -0.15) is 0 Å². The molecule has 1 aromatic rings. The Morgan fingerprint density at radius 3 is 3.11 bits per heavy atom. The normalized spacial score (nSPS) is 19.3. The minimum absolute atomic E-state index is 0.345. The van der Waals surface area contributed by atoms with Crippen LogP contribution in [0.1, 0.15) is 33.2 Å². The van der Waals surface area contributed by atoms with Crippen LogP contribution in [0.2, 0.25) is 0 Å². The fourth-order valence-corrected chi connectivity index (χ4v) is 2.92. The Balaban J connectivity index is 1.72. The number of nitrogens with zero attached hydrogens (tertiary/aromatic N) is 1. The SMILES string of the molecule is Cc1nc(CCNCC2CCCO2)sc1C(=O)O. The summed E-state index contributed by atoms with van der Waals surface area (Å²) in [5, 5.41) is 13.1. The van der Waals surface area contributed by atoms with Crippen molar-refractivity contribution in [3.8, 4) is 0 Å². The molecule has 18 heavy (non-hydrogen) atoms. The zero-order valence-corrected chi connectivity index (χ0v) is 11.3. The van der Waals surface area contributed by atoms with Crippen molar-refractivity contribution in [2.45, 2.75) is 32.3 Å². The van der Waals surface area contributed by atoms with Crippen molar-refractivity contribution in [3.05, 3.63) is 15.6 Å². The van der Waals surface area contributed by atoms with E-state index < -0.39 is 5.97 Å². The summed E-state index contributed by atoms with van der Waals surface area (Å²) in [7, 11) is 0. The summed E-state index contributed by atoms with van der Waals surface area (Å²) in [5.74, 6) is -0.886. The minimum Gasteiger partial charge on any atom is -0.477 e. The van der Waals surface area contributed by atoms with Gasteiger partial charge in [-0.15, -0.1) is 11.3 Å². The van der Waals surface area contributed by atoms with Gasteiger partial charge in [0.1, 0.15) is 4.88 Å². The van der Waals surface area contributed by atoms with Gasteiger partial charge in [0.25, 0.3) is 0 Å². The van der Waals surface area contributed by atoms with Gasteiger partial charge in [-0.1, -0.05) is 0 Å². The number of hydrogen-bond acceptors (Lipinski definition) is 5. The number of ether oxygens (including phenoxy) is 1. The third kappa shape index (κ3) is 3.51. The van der Waals surface area contributed by atoms with E-state index in [1.807, 2.05) is 0 Å². The van der Waals surface area contributed by atoms with Crippen molar-refractivity contribution >= 4 is 17.3 Å². The maximum Gasteiger partial charge on any atom is 0.347 e. The van der Waals surface area contributed by atoms with Crippen molar-refractivity contribution in [2.75, 3.05) is 19.7 Å². The molecule has 5 nitrogen and oxygen atoms in total. The fraction of sp³-hybridized carbons (Fsp3) is 0.667. The molecule has 0 aliphatic carbocycles. The standard InChI is InChI=1S/C12H18N2O3S/c1-8-11(12(15)16)18-10(14-8)4-5-13-7-9-3-2-6-17-9/h9,13H,2-7H2,1H3,(H,15,16). The summed E-state index contributed by atoms with van der Waals surface area (Å²) in [5.41, 5.74) is 0.613. The molecule has 6 heteroatoms. The molecule has 1 aliphatic heterocycles. The van der Waals surface area contributed by atoms with Crippen molar-refractivity contribution < 1.29 is 14.6 Å². The predicted octanol–water partition coefficient (Wildman–Crippen LogP) is 1.46. The molecule has 0 bridgehead atoms. The van der Waals surface area contributed by atoms with Crippen LogP contribution in [-0.4, -0.2) is 41.9 Å². The zero-order valence-electron chi connectivity index (χ0n) is 10.4. The number of carboxylic acid groups (broad SMARTS) is 1. The van der Waals surface area contributed by atoms with E-state index in [2.05, 4.69) is 10.3 Å². The highest BCUT2D eigenvalue weighted by Crippen LogP contribution is 2.18. The number of aromatic nitrogens is 1. The quantitative estimate of drug-likeness (QED) is 0.766. The van der Waals surface area contributed by atoms with Crippen molar-refractivity contribution in [3.63, 3.8) is 0 Å². The maximum absolute atomic E-state index is 10.9. The van der Waals surface area contributed by atoms with E-state index >= 15 is 0 Å². The molecule has 0 amide bonds. The zero-order chi connectivity index (χ0) is 13.0. The van der Waals surface area contributed by atoms with E-state index in [0.717, 1.165) is 44.0 Å². The topological polar surface area (TPSA) is 71.5 Å².